The molecule has 73 heavy (non-hydrogen) atoms. The number of benzene rings is 4. The van der Waals surface area contributed by atoms with Crippen molar-refractivity contribution in [3.8, 4) is 17.2 Å². The molecule has 0 saturated heterocycles. The second-order valence-corrected chi connectivity index (χ2v) is 18.7. The fourth-order valence-electron chi connectivity index (χ4n) is 9.46. The van der Waals surface area contributed by atoms with E-state index in [1.54, 1.807) is 73.3 Å². The molecule has 7 N–H and O–H groups in total. The van der Waals surface area contributed by atoms with E-state index in [1.807, 2.05) is 43.5 Å². The minimum Gasteiger partial charge on any atom is -0.493 e. The number of fused-ring (bicyclic) bond motifs is 8. The number of amides is 5. The molecule has 20 heteroatoms. The predicted octanol–water partition coefficient (Wildman–Crippen LogP) is 4.70. The molecule has 0 fully saturated rings. The molecule has 0 aromatic heterocycles. The highest BCUT2D eigenvalue weighted by Gasteiger charge is 2.39. The number of rotatable bonds is 20. The number of carbonyl (C=O) groups excluding carboxylic acids is 6. The minimum atomic E-state index is -1.15. The van der Waals surface area contributed by atoms with E-state index in [4.69, 9.17) is 35.3 Å². The summed E-state index contributed by atoms with van der Waals surface area (Å²) in [5.74, 6) is -1.65. The number of ether oxygens (including phenoxy) is 3. The van der Waals surface area contributed by atoms with Gasteiger partial charge in [-0.2, -0.15) is 0 Å². The largest absolute Gasteiger partial charge is 0.493 e. The number of urea groups is 1. The van der Waals surface area contributed by atoms with Crippen molar-refractivity contribution >= 4 is 82.1 Å². The van der Waals surface area contributed by atoms with Gasteiger partial charge in [0.05, 0.1) is 67.5 Å². The number of ketones is 2. The summed E-state index contributed by atoms with van der Waals surface area (Å²) in [6.07, 6.45) is 5.64. The molecule has 4 aliphatic rings. The highest BCUT2D eigenvalue weighted by molar-refractivity contribution is 6.40. The number of hydrogen-bond donors (Lipinski definition) is 6. The van der Waals surface area contributed by atoms with Crippen LogP contribution < -0.4 is 55.9 Å². The fourth-order valence-corrected chi connectivity index (χ4v) is 9.46. The predicted molar refractivity (Wildman–Crippen MR) is 278 cm³/mol. The van der Waals surface area contributed by atoms with Gasteiger partial charge in [0.1, 0.15) is 11.8 Å². The molecule has 4 aliphatic heterocycles. The van der Waals surface area contributed by atoms with Crippen molar-refractivity contribution in [2.75, 3.05) is 62.2 Å². The van der Waals surface area contributed by atoms with Crippen LogP contribution in [0.2, 0.25) is 0 Å². The van der Waals surface area contributed by atoms with Gasteiger partial charge in [-0.25, -0.2) is 4.79 Å². The van der Waals surface area contributed by atoms with Gasteiger partial charge in [0.2, 0.25) is 17.5 Å². The van der Waals surface area contributed by atoms with Gasteiger partial charge in [0.25, 0.3) is 11.8 Å². The molecule has 5 amide bonds. The zero-order chi connectivity index (χ0) is 52.1. The molecule has 4 aromatic rings. The van der Waals surface area contributed by atoms with Crippen molar-refractivity contribution in [3.05, 3.63) is 94.5 Å². The van der Waals surface area contributed by atoms with Gasteiger partial charge in [-0.3, -0.25) is 54.1 Å². The van der Waals surface area contributed by atoms with E-state index in [9.17, 15) is 28.8 Å². The Morgan fingerprint density at radius 3 is 2.11 bits per heavy atom. The van der Waals surface area contributed by atoms with Crippen molar-refractivity contribution in [3.63, 3.8) is 0 Å². The summed E-state index contributed by atoms with van der Waals surface area (Å²) in [6, 6.07) is 16.9. The first-order valence-electron chi connectivity index (χ1n) is 24.3. The SMILES string of the molecule is CNCC(=O)C(=O)[C@H](CCCNC(=N)N)NC(=O)[C@@H](NC(=O)N(C)c1ccc2c(c1)C[C@H]1C=Nc3cc(OCCCOc4cc5c(cc4OC)C(=O)N4c6ccccc6C[C@H]4C=N5)c(C)cc3C(=O)N21)C(C)C. The Morgan fingerprint density at radius 2 is 1.45 bits per heavy atom. The van der Waals surface area contributed by atoms with Crippen LogP contribution in [0.15, 0.2) is 76.7 Å². The molecule has 8 rings (SSSR count). The summed E-state index contributed by atoms with van der Waals surface area (Å²) in [4.78, 5) is 95.4. The number of nitrogens with zero attached hydrogens (tertiary/aromatic N) is 5. The molecule has 4 aromatic carbocycles. The number of hydrogen-bond acceptors (Lipinski definition) is 13. The molecule has 0 bridgehead atoms. The fraction of sp³-hybridized carbons (Fsp3) is 0.377. The van der Waals surface area contributed by atoms with E-state index in [1.165, 1.54) is 19.1 Å². The van der Waals surface area contributed by atoms with Crippen molar-refractivity contribution in [2.45, 2.75) is 77.0 Å². The third-order valence-corrected chi connectivity index (χ3v) is 13.3. The van der Waals surface area contributed by atoms with Crippen LogP contribution in [0.1, 0.15) is 70.5 Å². The summed E-state index contributed by atoms with van der Waals surface area (Å²) in [6.45, 7) is 6.02. The molecule has 0 radical (unpaired) electrons. The van der Waals surface area contributed by atoms with Crippen LogP contribution in [0.25, 0.3) is 0 Å². The zero-order valence-corrected chi connectivity index (χ0v) is 41.7. The highest BCUT2D eigenvalue weighted by atomic mass is 16.5. The number of aryl methyl sites for hydroxylation is 1. The Labute approximate surface area is 423 Å². The lowest BCUT2D eigenvalue weighted by molar-refractivity contribution is -0.138. The summed E-state index contributed by atoms with van der Waals surface area (Å²) in [7, 11) is 4.63. The summed E-state index contributed by atoms with van der Waals surface area (Å²) in [5, 5.41) is 18.1. The van der Waals surface area contributed by atoms with Crippen LogP contribution >= 0.6 is 0 Å². The molecule has 20 nitrogen and oxygen atoms in total. The number of carbonyl (C=O) groups is 6. The van der Waals surface area contributed by atoms with Gasteiger partial charge in [-0.15, -0.1) is 0 Å². The van der Waals surface area contributed by atoms with E-state index in [-0.39, 0.29) is 43.3 Å². The Hall–Kier alpha value is -8.13. The maximum atomic E-state index is 14.3. The van der Waals surface area contributed by atoms with Crippen molar-refractivity contribution in [2.24, 2.45) is 21.6 Å². The number of Topliss-reactive ketones (excluding diaryl/α,β-unsaturated/α-hetero) is 2. The number of para-hydroxylation sites is 1. The first-order chi connectivity index (χ1) is 35.1. The number of aliphatic imine (C=N–C) groups is 2. The Balaban J connectivity index is 0.870. The quantitative estimate of drug-likeness (QED) is 0.0305. The van der Waals surface area contributed by atoms with Gasteiger partial charge in [-0.1, -0.05) is 32.0 Å². The first-order valence-corrected chi connectivity index (χ1v) is 24.3. The number of anilines is 3. The Kier molecular flexibility index (Phi) is 15.5. The van der Waals surface area contributed by atoms with E-state index in [0.29, 0.717) is 90.0 Å². The normalized spacial score (nSPS) is 16.6. The highest BCUT2D eigenvalue weighted by Crippen LogP contribution is 2.42. The van der Waals surface area contributed by atoms with Gasteiger partial charge in [0, 0.05) is 74.5 Å². The monoisotopic (exact) mass is 995 g/mol. The van der Waals surface area contributed by atoms with E-state index < -0.39 is 47.5 Å². The van der Waals surface area contributed by atoms with Crippen LogP contribution in [0.5, 0.6) is 17.2 Å². The second kappa shape index (κ2) is 22.1. The molecule has 4 heterocycles. The maximum Gasteiger partial charge on any atom is 0.322 e. The summed E-state index contributed by atoms with van der Waals surface area (Å²) in [5.41, 5.74) is 12.0. The average Bonchev–Trinajstić information content (AvgIpc) is 3.86. The van der Waals surface area contributed by atoms with Crippen LogP contribution in [0.4, 0.5) is 33.2 Å². The van der Waals surface area contributed by atoms with Crippen LogP contribution in [0.3, 0.4) is 0 Å². The lowest BCUT2D eigenvalue weighted by Gasteiger charge is -2.27. The molecule has 382 valence electrons. The van der Waals surface area contributed by atoms with Crippen molar-refractivity contribution < 1.29 is 43.0 Å². The molecular weight excluding hydrogens is 935 g/mol. The van der Waals surface area contributed by atoms with Crippen LogP contribution in [-0.4, -0.2) is 125 Å². The minimum absolute atomic E-state index is 0.103. The van der Waals surface area contributed by atoms with Crippen LogP contribution in [-0.2, 0) is 27.2 Å². The van der Waals surface area contributed by atoms with Gasteiger partial charge in [0.15, 0.2) is 17.5 Å². The van der Waals surface area contributed by atoms with E-state index in [0.717, 1.165) is 22.4 Å². The van der Waals surface area contributed by atoms with Gasteiger partial charge < -0.3 is 41.2 Å². The molecule has 0 saturated carbocycles. The smallest absolute Gasteiger partial charge is 0.322 e. The van der Waals surface area contributed by atoms with Crippen molar-refractivity contribution in [1.82, 2.24) is 21.3 Å². The van der Waals surface area contributed by atoms with Crippen molar-refractivity contribution in [1.29, 1.82) is 5.41 Å². The Bertz CT molecular complexity index is 2920. The van der Waals surface area contributed by atoms with Gasteiger partial charge in [-0.05, 0) is 85.8 Å². The Morgan fingerprint density at radius 1 is 0.822 bits per heavy atom. The average molecular weight is 996 g/mol. The third-order valence-electron chi connectivity index (χ3n) is 13.3. The lowest BCUT2D eigenvalue weighted by atomic mass is 9.99. The number of likely N-dealkylation sites (N-methyl/N-ethyl adjacent to an activating group) is 1. The molecule has 0 unspecified atom stereocenters. The molecule has 0 aliphatic carbocycles. The standard InChI is InChI=1S/C53H61N11O9/c1-29(2)47(49(67)60-38(12-9-16-57-52(54)55)48(66)43(65)28-56-4)61-53(70)62(5)33-14-15-42-32(21-33)22-35-27-58-39-24-44(30(3)19-36(39)50(68)64(35)42)72-17-10-18-73-46-25-40-37(23-45(46)71-6)51(69)63-34(26-59-40)20-31-11-7-8-13-41(31)63/h7-8,11,13-15,19,21,23-27,29,34-35,38,47,56H,9-10,12,16-18,20,22,28H2,1-6H3,(H,60,67)(H,61,70)(H4,54,55,57)/t34-,35-,38-,47-/m0/s1. The maximum absolute atomic E-state index is 14.3. The topological polar surface area (TPSA) is 263 Å². The molecule has 4 atom stereocenters. The lowest BCUT2D eigenvalue weighted by Crippen LogP contribution is -2.56. The first kappa shape index (κ1) is 51.2. The van der Waals surface area contributed by atoms with E-state index in [2.05, 4.69) is 21.3 Å². The third kappa shape index (κ3) is 10.9. The number of methoxy groups -OCH3 is 1. The molecular formula is C53H61N11O9. The molecule has 0 spiro atoms. The van der Waals surface area contributed by atoms with Crippen LogP contribution in [0, 0.1) is 18.3 Å². The van der Waals surface area contributed by atoms with Gasteiger partial charge >= 0.3 is 6.03 Å². The number of nitrogens with one attached hydrogen (secondary N) is 5. The number of guanidine groups is 1. The summed E-state index contributed by atoms with van der Waals surface area (Å²) >= 11 is 0. The second-order valence-electron chi connectivity index (χ2n) is 18.7. The summed E-state index contributed by atoms with van der Waals surface area (Å²) < 4.78 is 18.0. The number of nitrogens with two attached hydrogens (primary N) is 1. The zero-order valence-electron chi connectivity index (χ0n) is 41.7. The van der Waals surface area contributed by atoms with E-state index >= 15 is 0 Å².